The number of rotatable bonds is 10. The Kier molecular flexibility index (Phi) is 9.17. The average molecular weight is 378 g/mol. The Balaban J connectivity index is 1.70. The zero-order chi connectivity index (χ0) is 18.7. The fourth-order valence-corrected chi connectivity index (χ4v) is 5.07. The Morgan fingerprint density at radius 2 is 1.69 bits per heavy atom. The molecule has 2 rings (SSSR count). The van der Waals surface area contributed by atoms with Gasteiger partial charge in [-0.1, -0.05) is 37.5 Å². The molecule has 0 atom stereocenters. The van der Waals surface area contributed by atoms with Gasteiger partial charge in [0.1, 0.15) is 0 Å². The summed E-state index contributed by atoms with van der Waals surface area (Å²) < 4.78 is 30.6. The molecule has 144 valence electrons. The predicted molar refractivity (Wildman–Crippen MR) is 106 cm³/mol. The van der Waals surface area contributed by atoms with Crippen molar-refractivity contribution < 1.29 is 13.2 Å². The maximum Gasteiger partial charge on any atom is 0.181 e. The summed E-state index contributed by atoms with van der Waals surface area (Å²) in [6, 6.07) is 6.98. The second kappa shape index (κ2) is 11.4. The fourth-order valence-electron chi connectivity index (χ4n) is 3.21. The average Bonchev–Trinajstić information content (AvgIpc) is 3.19. The van der Waals surface area contributed by atoms with Crippen LogP contribution >= 0.6 is 0 Å². The summed E-state index contributed by atoms with van der Waals surface area (Å²) in [5.74, 6) is 6.16. The van der Waals surface area contributed by atoms with E-state index in [1.165, 1.54) is 12.8 Å². The third-order valence-electron chi connectivity index (χ3n) is 4.77. The smallest absolute Gasteiger partial charge is 0.181 e. The first-order chi connectivity index (χ1) is 12.6. The van der Waals surface area contributed by atoms with E-state index in [-0.39, 0.29) is 5.25 Å². The molecule has 1 aliphatic rings. The topological polar surface area (TPSA) is 69.4 Å². The van der Waals surface area contributed by atoms with Gasteiger partial charge >= 0.3 is 0 Å². The molecular formula is C21H31NO3S. The van der Waals surface area contributed by atoms with Gasteiger partial charge in [0.15, 0.2) is 9.84 Å². The molecular weight excluding hydrogens is 346 g/mol. The highest BCUT2D eigenvalue weighted by Gasteiger charge is 2.29. The summed E-state index contributed by atoms with van der Waals surface area (Å²) in [6.45, 7) is 2.18. The highest BCUT2D eigenvalue weighted by Crippen LogP contribution is 2.29. The van der Waals surface area contributed by atoms with Gasteiger partial charge in [-0.05, 0) is 56.5 Å². The maximum atomic E-state index is 12.5. The van der Waals surface area contributed by atoms with Gasteiger partial charge in [0.05, 0.1) is 16.8 Å². The summed E-state index contributed by atoms with van der Waals surface area (Å²) >= 11 is 0. The van der Waals surface area contributed by atoms with Gasteiger partial charge in [-0.25, -0.2) is 8.42 Å². The lowest BCUT2D eigenvalue weighted by Crippen LogP contribution is -2.17. The normalized spacial score (nSPS) is 15.0. The standard InChI is InChI=1S/C21H31NO3S/c22-16-6-1-2-7-17-25-18-8-5-9-19-12-14-21(15-13-19)26(23,24)20-10-3-4-11-20/h12-15,20H,1-4,6-8,10-11,16-18,22H2. The van der Waals surface area contributed by atoms with Gasteiger partial charge in [0.25, 0.3) is 0 Å². The van der Waals surface area contributed by atoms with Crippen LogP contribution < -0.4 is 5.73 Å². The van der Waals surface area contributed by atoms with Crippen molar-refractivity contribution in [2.45, 2.75) is 67.9 Å². The van der Waals surface area contributed by atoms with Crippen LogP contribution in [0.4, 0.5) is 0 Å². The quantitative estimate of drug-likeness (QED) is 0.499. The van der Waals surface area contributed by atoms with E-state index in [9.17, 15) is 8.42 Å². The van der Waals surface area contributed by atoms with E-state index in [2.05, 4.69) is 11.8 Å². The lowest BCUT2D eigenvalue weighted by atomic mass is 10.2. The van der Waals surface area contributed by atoms with Gasteiger partial charge in [-0.15, -0.1) is 0 Å². The van der Waals surface area contributed by atoms with E-state index in [4.69, 9.17) is 10.5 Å². The minimum atomic E-state index is -3.17. The van der Waals surface area contributed by atoms with Crippen molar-refractivity contribution in [1.29, 1.82) is 0 Å². The minimum Gasteiger partial charge on any atom is -0.380 e. The molecule has 0 amide bonds. The van der Waals surface area contributed by atoms with Crippen LogP contribution in [-0.2, 0) is 14.6 Å². The first kappa shape index (κ1) is 21.0. The second-order valence-corrected chi connectivity index (χ2v) is 9.07. The highest BCUT2D eigenvalue weighted by atomic mass is 32.2. The van der Waals surface area contributed by atoms with Gasteiger partial charge in [-0.3, -0.25) is 0 Å². The van der Waals surface area contributed by atoms with Crippen LogP contribution in [0.25, 0.3) is 0 Å². The molecule has 0 heterocycles. The number of hydrogen-bond acceptors (Lipinski definition) is 4. The number of unbranched alkanes of at least 4 members (excludes halogenated alkanes) is 3. The van der Waals surface area contributed by atoms with Crippen molar-refractivity contribution >= 4 is 9.84 Å². The molecule has 0 aromatic heterocycles. The van der Waals surface area contributed by atoms with E-state index in [0.717, 1.165) is 57.2 Å². The van der Waals surface area contributed by atoms with Crippen molar-refractivity contribution in [3.8, 4) is 11.8 Å². The third kappa shape index (κ3) is 6.75. The number of benzene rings is 1. The summed E-state index contributed by atoms with van der Waals surface area (Å²) in [5.41, 5.74) is 6.30. The van der Waals surface area contributed by atoms with Crippen LogP contribution in [0.2, 0.25) is 0 Å². The lowest BCUT2D eigenvalue weighted by Gasteiger charge is -2.10. The number of sulfone groups is 1. The van der Waals surface area contributed by atoms with Crippen molar-refractivity contribution in [3.63, 3.8) is 0 Å². The maximum absolute atomic E-state index is 12.5. The molecule has 1 fully saturated rings. The summed E-state index contributed by atoms with van der Waals surface area (Å²) in [6.07, 6.45) is 8.80. The van der Waals surface area contributed by atoms with Crippen LogP contribution in [-0.4, -0.2) is 33.4 Å². The summed E-state index contributed by atoms with van der Waals surface area (Å²) in [5, 5.41) is -0.202. The zero-order valence-corrected chi connectivity index (χ0v) is 16.4. The van der Waals surface area contributed by atoms with Crippen LogP contribution in [0.1, 0.15) is 63.4 Å². The van der Waals surface area contributed by atoms with E-state index in [0.29, 0.717) is 17.9 Å². The second-order valence-electron chi connectivity index (χ2n) is 6.84. The van der Waals surface area contributed by atoms with Gasteiger partial charge in [-0.2, -0.15) is 0 Å². The number of ether oxygens (including phenoxy) is 1. The molecule has 0 radical (unpaired) electrons. The molecule has 5 heteroatoms. The Morgan fingerprint density at radius 1 is 1.00 bits per heavy atom. The Morgan fingerprint density at radius 3 is 2.38 bits per heavy atom. The third-order valence-corrected chi connectivity index (χ3v) is 7.05. The number of nitrogens with two attached hydrogens (primary N) is 1. The zero-order valence-electron chi connectivity index (χ0n) is 15.6. The summed E-state index contributed by atoms with van der Waals surface area (Å²) in [7, 11) is -3.17. The largest absolute Gasteiger partial charge is 0.380 e. The molecule has 1 aromatic carbocycles. The van der Waals surface area contributed by atoms with E-state index in [1.54, 1.807) is 24.3 Å². The monoisotopic (exact) mass is 377 g/mol. The number of hydrogen-bond donors (Lipinski definition) is 1. The SMILES string of the molecule is NCCCCCCOCCC#Cc1ccc(S(=O)(=O)C2CCCC2)cc1. The molecule has 0 aliphatic heterocycles. The van der Waals surface area contributed by atoms with E-state index < -0.39 is 9.84 Å². The Hall–Kier alpha value is -1.35. The molecule has 0 saturated heterocycles. The molecule has 4 nitrogen and oxygen atoms in total. The first-order valence-electron chi connectivity index (χ1n) is 9.75. The van der Waals surface area contributed by atoms with Crippen molar-refractivity contribution in [1.82, 2.24) is 0 Å². The van der Waals surface area contributed by atoms with Crippen molar-refractivity contribution in [2.24, 2.45) is 5.73 Å². The molecule has 0 unspecified atom stereocenters. The first-order valence-corrected chi connectivity index (χ1v) is 11.3. The lowest BCUT2D eigenvalue weighted by molar-refractivity contribution is 0.135. The molecule has 2 N–H and O–H groups in total. The van der Waals surface area contributed by atoms with Crippen molar-refractivity contribution in [3.05, 3.63) is 29.8 Å². The van der Waals surface area contributed by atoms with Crippen LogP contribution in [0.5, 0.6) is 0 Å². The van der Waals surface area contributed by atoms with Gasteiger partial charge in [0, 0.05) is 18.6 Å². The van der Waals surface area contributed by atoms with E-state index >= 15 is 0 Å². The molecule has 26 heavy (non-hydrogen) atoms. The Labute approximate surface area is 158 Å². The molecule has 1 aromatic rings. The van der Waals surface area contributed by atoms with Crippen LogP contribution in [0.15, 0.2) is 29.2 Å². The van der Waals surface area contributed by atoms with Crippen molar-refractivity contribution in [2.75, 3.05) is 19.8 Å². The fraction of sp³-hybridized carbons (Fsp3) is 0.619. The van der Waals surface area contributed by atoms with Crippen LogP contribution in [0.3, 0.4) is 0 Å². The summed E-state index contributed by atoms with van der Waals surface area (Å²) in [4.78, 5) is 0.424. The molecule has 0 bridgehead atoms. The Bertz CT molecular complexity index is 680. The molecule has 1 aliphatic carbocycles. The minimum absolute atomic E-state index is 0.202. The van der Waals surface area contributed by atoms with E-state index in [1.807, 2.05) is 0 Å². The van der Waals surface area contributed by atoms with Crippen LogP contribution in [0, 0.1) is 11.8 Å². The predicted octanol–water partition coefficient (Wildman–Crippen LogP) is 3.68. The van der Waals surface area contributed by atoms with Gasteiger partial charge in [0.2, 0.25) is 0 Å². The molecule has 1 saturated carbocycles. The highest BCUT2D eigenvalue weighted by molar-refractivity contribution is 7.92. The van der Waals surface area contributed by atoms with Gasteiger partial charge < -0.3 is 10.5 Å². The molecule has 0 spiro atoms.